The van der Waals surface area contributed by atoms with Crippen LogP contribution in [0.2, 0.25) is 0 Å². The number of carbonyl (C=O) groups excluding carboxylic acids is 1. The van der Waals surface area contributed by atoms with Gasteiger partial charge in [-0.15, -0.1) is 0 Å². The molecule has 2 aromatic rings. The fourth-order valence-corrected chi connectivity index (χ4v) is 1.87. The Balaban J connectivity index is 1.99. The zero-order valence-corrected chi connectivity index (χ0v) is 11.7. The summed E-state index contributed by atoms with van der Waals surface area (Å²) in [6.07, 6.45) is 0. The predicted molar refractivity (Wildman–Crippen MR) is 79.9 cm³/mol. The van der Waals surface area contributed by atoms with Crippen LogP contribution in [0.3, 0.4) is 0 Å². The number of anilines is 1. The third-order valence-electron chi connectivity index (χ3n) is 2.97. The number of benzene rings is 2. The van der Waals surface area contributed by atoms with Gasteiger partial charge in [0.15, 0.2) is 11.6 Å². The van der Waals surface area contributed by atoms with Crippen LogP contribution in [-0.2, 0) is 6.54 Å². The number of halogens is 1. The molecule has 0 radical (unpaired) electrons. The van der Waals surface area contributed by atoms with Crippen LogP contribution in [0.4, 0.5) is 10.1 Å². The highest BCUT2D eigenvalue weighted by Gasteiger charge is 2.04. The number of amides is 1. The van der Waals surface area contributed by atoms with E-state index in [4.69, 9.17) is 10.5 Å². The number of hydrogen-bond donors (Lipinski definition) is 2. The molecule has 0 heterocycles. The van der Waals surface area contributed by atoms with Gasteiger partial charge in [0.2, 0.25) is 5.91 Å². The number of carbonyl (C=O) groups is 1. The number of nitrogens with two attached hydrogens (primary N) is 1. The van der Waals surface area contributed by atoms with Crippen LogP contribution >= 0.6 is 0 Å². The zero-order chi connectivity index (χ0) is 15.2. The maximum atomic E-state index is 13.7. The molecule has 0 aromatic heterocycles. The van der Waals surface area contributed by atoms with Crippen molar-refractivity contribution in [3.05, 3.63) is 59.4 Å². The van der Waals surface area contributed by atoms with Crippen molar-refractivity contribution in [1.82, 2.24) is 0 Å². The van der Waals surface area contributed by atoms with Gasteiger partial charge < -0.3 is 15.8 Å². The molecule has 3 N–H and O–H groups in total. The van der Waals surface area contributed by atoms with Crippen molar-refractivity contribution < 1.29 is 13.9 Å². The van der Waals surface area contributed by atoms with Crippen LogP contribution in [-0.4, -0.2) is 12.5 Å². The van der Waals surface area contributed by atoms with Gasteiger partial charge in [-0.25, -0.2) is 4.39 Å². The number of ether oxygens (including phenoxy) is 1. The van der Waals surface area contributed by atoms with Crippen LogP contribution in [0, 0.1) is 5.82 Å². The van der Waals surface area contributed by atoms with Gasteiger partial charge in [0, 0.05) is 23.9 Å². The second-order valence-electron chi connectivity index (χ2n) is 4.49. The lowest BCUT2D eigenvalue weighted by molar-refractivity contribution is 0.100. The summed E-state index contributed by atoms with van der Waals surface area (Å²) in [5, 5.41) is 3.11. The van der Waals surface area contributed by atoms with E-state index in [1.807, 2.05) is 0 Å². The molecular weight excluding hydrogens is 271 g/mol. The SMILES string of the molecule is CCOc1ccc(NCc2ccc(C(N)=O)cc2)cc1F. The minimum absolute atomic E-state index is 0.244. The zero-order valence-electron chi connectivity index (χ0n) is 11.7. The molecule has 110 valence electrons. The van der Waals surface area contributed by atoms with E-state index in [0.29, 0.717) is 24.4 Å². The Kier molecular flexibility index (Phi) is 4.77. The first kappa shape index (κ1) is 14.8. The molecule has 5 heteroatoms. The molecule has 0 saturated carbocycles. The minimum atomic E-state index is -0.455. The van der Waals surface area contributed by atoms with Crippen LogP contribution in [0.15, 0.2) is 42.5 Å². The first-order chi connectivity index (χ1) is 10.1. The average molecular weight is 288 g/mol. The summed E-state index contributed by atoms with van der Waals surface area (Å²) in [6.45, 7) is 2.75. The highest BCUT2D eigenvalue weighted by atomic mass is 19.1. The molecule has 21 heavy (non-hydrogen) atoms. The highest BCUT2D eigenvalue weighted by molar-refractivity contribution is 5.92. The van der Waals surface area contributed by atoms with Gasteiger partial charge in [0.1, 0.15) is 0 Å². The summed E-state index contributed by atoms with van der Waals surface area (Å²) < 4.78 is 18.8. The molecule has 1 amide bonds. The van der Waals surface area contributed by atoms with Gasteiger partial charge in [0.25, 0.3) is 0 Å². The summed E-state index contributed by atoms with van der Waals surface area (Å²) in [7, 11) is 0. The molecule has 0 aliphatic rings. The van der Waals surface area contributed by atoms with Gasteiger partial charge in [0.05, 0.1) is 6.61 Å². The van der Waals surface area contributed by atoms with E-state index in [2.05, 4.69) is 5.32 Å². The Morgan fingerprint density at radius 2 is 1.95 bits per heavy atom. The van der Waals surface area contributed by atoms with Crippen molar-refractivity contribution in [2.45, 2.75) is 13.5 Å². The van der Waals surface area contributed by atoms with Crippen LogP contribution < -0.4 is 15.8 Å². The molecule has 4 nitrogen and oxygen atoms in total. The third-order valence-corrected chi connectivity index (χ3v) is 2.97. The Morgan fingerprint density at radius 3 is 2.52 bits per heavy atom. The molecule has 0 saturated heterocycles. The number of rotatable bonds is 6. The summed E-state index contributed by atoms with van der Waals surface area (Å²) in [5.74, 6) is -0.608. The van der Waals surface area contributed by atoms with Crippen molar-refractivity contribution in [2.75, 3.05) is 11.9 Å². The van der Waals surface area contributed by atoms with E-state index < -0.39 is 11.7 Å². The quantitative estimate of drug-likeness (QED) is 0.859. The molecule has 0 fully saturated rings. The maximum Gasteiger partial charge on any atom is 0.248 e. The van der Waals surface area contributed by atoms with Crippen molar-refractivity contribution in [3.8, 4) is 5.75 Å². The number of primary amides is 1. The lowest BCUT2D eigenvalue weighted by Gasteiger charge is -2.09. The largest absolute Gasteiger partial charge is 0.491 e. The summed E-state index contributed by atoms with van der Waals surface area (Å²) >= 11 is 0. The fraction of sp³-hybridized carbons (Fsp3) is 0.188. The number of nitrogens with one attached hydrogen (secondary N) is 1. The van der Waals surface area contributed by atoms with E-state index >= 15 is 0 Å². The smallest absolute Gasteiger partial charge is 0.248 e. The normalized spacial score (nSPS) is 10.2. The van der Waals surface area contributed by atoms with Crippen molar-refractivity contribution in [3.63, 3.8) is 0 Å². The summed E-state index contributed by atoms with van der Waals surface area (Å²) in [6, 6.07) is 11.7. The van der Waals surface area contributed by atoms with Crippen LogP contribution in [0.25, 0.3) is 0 Å². The van der Waals surface area contributed by atoms with Crippen molar-refractivity contribution >= 4 is 11.6 Å². The second-order valence-corrected chi connectivity index (χ2v) is 4.49. The molecule has 0 atom stereocenters. The van der Waals surface area contributed by atoms with E-state index in [-0.39, 0.29) is 5.75 Å². The Bertz CT molecular complexity index is 627. The standard InChI is InChI=1S/C16H17FN2O2/c1-2-21-15-8-7-13(9-14(15)17)19-10-11-3-5-12(6-4-11)16(18)20/h3-9,19H,2,10H2,1H3,(H2,18,20). The molecular formula is C16H17FN2O2. The monoisotopic (exact) mass is 288 g/mol. The van der Waals surface area contributed by atoms with Crippen LogP contribution in [0.5, 0.6) is 5.75 Å². The molecule has 0 unspecified atom stereocenters. The molecule has 0 spiro atoms. The average Bonchev–Trinajstić information content (AvgIpc) is 2.48. The van der Waals surface area contributed by atoms with Crippen molar-refractivity contribution in [1.29, 1.82) is 0 Å². The van der Waals surface area contributed by atoms with Gasteiger partial charge in [-0.3, -0.25) is 4.79 Å². The summed E-state index contributed by atoms with van der Waals surface area (Å²) in [5.41, 5.74) is 7.27. The molecule has 2 aromatic carbocycles. The minimum Gasteiger partial charge on any atom is -0.491 e. The lowest BCUT2D eigenvalue weighted by atomic mass is 10.1. The molecule has 0 aliphatic heterocycles. The first-order valence-electron chi connectivity index (χ1n) is 6.65. The first-order valence-corrected chi connectivity index (χ1v) is 6.65. The molecule has 0 aliphatic carbocycles. The van der Waals surface area contributed by atoms with Gasteiger partial charge in [-0.1, -0.05) is 12.1 Å². The van der Waals surface area contributed by atoms with E-state index in [9.17, 15) is 9.18 Å². The lowest BCUT2D eigenvalue weighted by Crippen LogP contribution is -2.10. The van der Waals surface area contributed by atoms with E-state index in [1.165, 1.54) is 6.07 Å². The maximum absolute atomic E-state index is 13.7. The molecule has 2 rings (SSSR count). The highest BCUT2D eigenvalue weighted by Crippen LogP contribution is 2.21. The van der Waals surface area contributed by atoms with Crippen LogP contribution in [0.1, 0.15) is 22.8 Å². The predicted octanol–water partition coefficient (Wildman–Crippen LogP) is 2.94. The van der Waals surface area contributed by atoms with E-state index in [1.54, 1.807) is 43.3 Å². The Labute approximate surface area is 122 Å². The summed E-state index contributed by atoms with van der Waals surface area (Å²) in [4.78, 5) is 11.0. The Hall–Kier alpha value is -2.56. The Morgan fingerprint density at radius 1 is 1.24 bits per heavy atom. The number of hydrogen-bond acceptors (Lipinski definition) is 3. The van der Waals surface area contributed by atoms with Gasteiger partial charge in [-0.2, -0.15) is 0 Å². The fourth-order valence-electron chi connectivity index (χ4n) is 1.87. The van der Waals surface area contributed by atoms with Crippen molar-refractivity contribution in [2.24, 2.45) is 5.73 Å². The topological polar surface area (TPSA) is 64.3 Å². The second kappa shape index (κ2) is 6.74. The molecule has 0 bridgehead atoms. The third kappa shape index (κ3) is 3.95. The van der Waals surface area contributed by atoms with E-state index in [0.717, 1.165) is 5.56 Å². The van der Waals surface area contributed by atoms with Gasteiger partial charge in [-0.05, 0) is 36.8 Å². The van der Waals surface area contributed by atoms with Gasteiger partial charge >= 0.3 is 0 Å².